The summed E-state index contributed by atoms with van der Waals surface area (Å²) in [6, 6.07) is 3.13. The summed E-state index contributed by atoms with van der Waals surface area (Å²) in [7, 11) is 0. The first kappa shape index (κ1) is 9.65. The van der Waals surface area contributed by atoms with Gasteiger partial charge in [0.2, 0.25) is 0 Å². The molecule has 1 nitrogen and oxygen atoms in total. The highest BCUT2D eigenvalue weighted by Gasteiger charge is 2.18. The molecule has 0 bridgehead atoms. The van der Waals surface area contributed by atoms with Gasteiger partial charge in [-0.25, -0.2) is 4.98 Å². The number of hydrogen-bond acceptors (Lipinski definition) is 1. The summed E-state index contributed by atoms with van der Waals surface area (Å²) in [4.78, 5) is 3.72. The Morgan fingerprint density at radius 2 is 2.00 bits per heavy atom. The fourth-order valence-electron chi connectivity index (χ4n) is 0.698. The van der Waals surface area contributed by atoms with Crippen LogP contribution in [0.3, 0.4) is 0 Å². The van der Waals surface area contributed by atoms with Crippen molar-refractivity contribution in [1.82, 2.24) is 4.98 Å². The molecule has 0 N–H and O–H groups in total. The fourth-order valence-corrected chi connectivity index (χ4v) is 0.698. The van der Waals surface area contributed by atoms with Gasteiger partial charge in [0.05, 0.1) is 0 Å². The normalized spacial score (nSPS) is 10.5. The molecule has 68 valence electrons. The van der Waals surface area contributed by atoms with Crippen LogP contribution >= 0.6 is 0 Å². The lowest BCUT2D eigenvalue weighted by Crippen LogP contribution is -2.10. The molecule has 0 aromatic carbocycles. The van der Waals surface area contributed by atoms with E-state index in [2.05, 4.69) is 4.98 Å². The molecule has 1 aromatic rings. The van der Waals surface area contributed by atoms with Crippen molar-refractivity contribution in [2.75, 3.05) is 0 Å². The molecule has 0 radical (unpaired) electrons. The van der Waals surface area contributed by atoms with Crippen LogP contribution in [-0.4, -0.2) is 12.0 Å². The van der Waals surface area contributed by atoms with Crippen molar-refractivity contribution in [2.45, 2.75) is 6.92 Å². The number of pyridine rings is 1. The molecule has 0 saturated heterocycles. The third kappa shape index (κ3) is 3.65. The summed E-state index contributed by atoms with van der Waals surface area (Å²) in [6.45, 7) is -3.23. The van der Waals surface area contributed by atoms with Gasteiger partial charge in [-0.3, -0.25) is 0 Å². The number of hydrogen-bond donors (Lipinski definition) is 0. The van der Waals surface area contributed by atoms with Gasteiger partial charge in [0.15, 0.2) is 0 Å². The zero-order valence-electron chi connectivity index (χ0n) is 6.89. The van der Waals surface area contributed by atoms with E-state index in [1.807, 2.05) is 5.92 Å². The lowest BCUT2D eigenvalue weighted by molar-refractivity contribution is 0.504. The van der Waals surface area contributed by atoms with Gasteiger partial charge < -0.3 is 12.9 Å². The Hall–Kier alpha value is -1.44. The van der Waals surface area contributed by atoms with E-state index in [1.165, 1.54) is 18.1 Å². The Morgan fingerprint density at radius 1 is 1.31 bits per heavy atom. The first-order chi connectivity index (χ1) is 5.97. The maximum absolute atomic E-state index is 11.7. The molecule has 0 amide bonds. The van der Waals surface area contributed by atoms with Crippen molar-refractivity contribution in [2.24, 2.45) is 0 Å². The highest BCUT2D eigenvalue weighted by Crippen LogP contribution is 2.05. The van der Waals surface area contributed by atoms with Gasteiger partial charge in [0.25, 0.3) is 0 Å². The quantitative estimate of drug-likeness (QED) is 0.444. The van der Waals surface area contributed by atoms with E-state index >= 15 is 0 Å². The van der Waals surface area contributed by atoms with Gasteiger partial charge in [-0.2, -0.15) is 5.82 Å². The van der Waals surface area contributed by atoms with E-state index in [9.17, 15) is 12.9 Å². The van der Waals surface area contributed by atoms with Crippen LogP contribution in [0.1, 0.15) is 11.3 Å². The Bertz CT molecular complexity index is 344. The lowest BCUT2D eigenvalue weighted by Gasteiger charge is -2.01. The van der Waals surface area contributed by atoms with Crippen molar-refractivity contribution < 1.29 is 12.9 Å². The summed E-state index contributed by atoms with van der Waals surface area (Å²) in [6.07, 6.45) is 1.48. The Labute approximate surface area is 74.0 Å². The first-order valence-corrected chi connectivity index (χ1v) is 3.62. The smallest absolute Gasteiger partial charge is 0.438 e. The lowest BCUT2D eigenvalue weighted by atomic mass is 9.94. The van der Waals surface area contributed by atoms with Crippen LogP contribution < -0.4 is 0 Å². The number of aromatic nitrogens is 1. The maximum atomic E-state index is 11.7. The summed E-state index contributed by atoms with van der Waals surface area (Å²) in [5, 5.41) is 0. The third-order valence-corrected chi connectivity index (χ3v) is 1.28. The van der Waals surface area contributed by atoms with E-state index in [-0.39, 0.29) is 5.69 Å². The average molecular weight is 184 g/mol. The van der Waals surface area contributed by atoms with Crippen LogP contribution in [-0.2, 0) is 0 Å². The van der Waals surface area contributed by atoms with Gasteiger partial charge in [0, 0.05) is 6.20 Å². The minimum atomic E-state index is -5.04. The largest absolute Gasteiger partial charge is 0.558 e. The summed E-state index contributed by atoms with van der Waals surface area (Å²) >= 11 is 0. The second kappa shape index (κ2) is 3.52. The minimum absolute atomic E-state index is 0.143. The molecule has 5 heteroatoms. The number of rotatable bonds is 0. The highest BCUT2D eigenvalue weighted by atomic mass is 19.4. The zero-order chi connectivity index (χ0) is 9.90. The van der Waals surface area contributed by atoms with Crippen LogP contribution in [0.5, 0.6) is 0 Å². The van der Waals surface area contributed by atoms with Crippen LogP contribution in [0.2, 0.25) is 0 Å². The molecular formula is C8H6BF3N-. The molecule has 0 saturated carbocycles. The minimum Gasteiger partial charge on any atom is -0.438 e. The van der Waals surface area contributed by atoms with Crippen molar-refractivity contribution >= 4 is 6.98 Å². The van der Waals surface area contributed by atoms with Gasteiger partial charge in [0.1, 0.15) is 5.69 Å². The van der Waals surface area contributed by atoms with E-state index < -0.39 is 6.98 Å². The summed E-state index contributed by atoms with van der Waals surface area (Å²) < 4.78 is 35.0. The van der Waals surface area contributed by atoms with Crippen LogP contribution in [0.25, 0.3) is 0 Å². The number of halogens is 3. The van der Waals surface area contributed by atoms with Crippen molar-refractivity contribution in [3.63, 3.8) is 0 Å². The predicted octanol–water partition coefficient (Wildman–Crippen LogP) is 2.13. The molecule has 0 aliphatic carbocycles. The molecule has 0 fully saturated rings. The molecule has 0 aliphatic heterocycles. The fraction of sp³-hybridized carbons (Fsp3) is 0.125. The van der Waals surface area contributed by atoms with Crippen molar-refractivity contribution in [1.29, 1.82) is 0 Å². The monoisotopic (exact) mass is 184 g/mol. The SMILES string of the molecule is Cc1ccc(C#C[B-](F)(F)F)nc1. The Kier molecular flexibility index (Phi) is 2.62. The van der Waals surface area contributed by atoms with Gasteiger partial charge in [-0.15, -0.1) is 0 Å². The molecule has 0 spiro atoms. The summed E-state index contributed by atoms with van der Waals surface area (Å²) in [5.74, 6) is 3.16. The standard InChI is InChI=1S/C8H6BF3N/c1-7-2-3-8(13-6-7)4-5-9(10,11)12/h2-3,6H,1H3/q-1. The molecule has 0 atom stereocenters. The first-order valence-electron chi connectivity index (χ1n) is 3.62. The van der Waals surface area contributed by atoms with Gasteiger partial charge in [-0.05, 0) is 18.6 Å². The Balaban J connectivity index is 2.85. The van der Waals surface area contributed by atoms with Crippen LogP contribution in [0, 0.1) is 18.7 Å². The number of aryl methyl sites for hydroxylation is 1. The molecule has 1 aromatic heterocycles. The molecule has 0 aliphatic rings. The van der Waals surface area contributed by atoms with E-state index in [1.54, 1.807) is 13.0 Å². The molecule has 0 unspecified atom stereocenters. The maximum Gasteiger partial charge on any atom is 0.558 e. The predicted molar refractivity (Wildman–Crippen MR) is 44.9 cm³/mol. The molecule has 1 heterocycles. The topological polar surface area (TPSA) is 12.9 Å². The van der Waals surface area contributed by atoms with Gasteiger partial charge >= 0.3 is 6.98 Å². The van der Waals surface area contributed by atoms with E-state index in [4.69, 9.17) is 0 Å². The van der Waals surface area contributed by atoms with Crippen LogP contribution in [0.4, 0.5) is 12.9 Å². The number of nitrogens with zero attached hydrogens (tertiary/aromatic N) is 1. The average Bonchev–Trinajstić information content (AvgIpc) is 2.02. The molecule has 1 rings (SSSR count). The van der Waals surface area contributed by atoms with E-state index in [0.717, 1.165) is 5.56 Å². The zero-order valence-corrected chi connectivity index (χ0v) is 6.89. The highest BCUT2D eigenvalue weighted by molar-refractivity contribution is 6.67. The van der Waals surface area contributed by atoms with Crippen molar-refractivity contribution in [3.8, 4) is 11.7 Å². The second-order valence-corrected chi connectivity index (χ2v) is 2.56. The van der Waals surface area contributed by atoms with Crippen LogP contribution in [0.15, 0.2) is 18.3 Å². The van der Waals surface area contributed by atoms with E-state index in [0.29, 0.717) is 0 Å². The third-order valence-electron chi connectivity index (χ3n) is 1.28. The second-order valence-electron chi connectivity index (χ2n) is 2.56. The Morgan fingerprint density at radius 3 is 2.46 bits per heavy atom. The summed E-state index contributed by atoms with van der Waals surface area (Å²) in [5.41, 5.74) is 1.04. The molecule has 13 heavy (non-hydrogen) atoms. The van der Waals surface area contributed by atoms with Gasteiger partial charge in [-0.1, -0.05) is 12.0 Å². The molecular weight excluding hydrogens is 178 g/mol. The van der Waals surface area contributed by atoms with Crippen molar-refractivity contribution in [3.05, 3.63) is 29.6 Å².